The second kappa shape index (κ2) is 11.3. The Kier molecular flexibility index (Phi) is 8.78. The SMILES string of the molecule is CCC(C)(CC)c1c(F)c(F)c(S(=O)(=O)c2c(F)c(F)c(Oc3ccc(OC(C)C)cc3)c(F)c2F)c(F)c1F. The zero-order valence-electron chi connectivity index (χ0n) is 21.9. The summed E-state index contributed by atoms with van der Waals surface area (Å²) in [5, 5.41) is 0. The molecule has 0 aromatic heterocycles. The van der Waals surface area contributed by atoms with E-state index in [1.165, 1.54) is 32.9 Å². The van der Waals surface area contributed by atoms with Crippen molar-refractivity contribution in [1.29, 1.82) is 0 Å². The molecule has 0 amide bonds. The predicted molar refractivity (Wildman–Crippen MR) is 128 cm³/mol. The molecule has 0 unspecified atom stereocenters. The Hall–Kier alpha value is -3.35. The summed E-state index contributed by atoms with van der Waals surface area (Å²) in [6.45, 7) is 7.61. The standard InChI is InChI=1S/C27H24F8O4S/c1-6-27(5,7-2)15-16(28)20(32)25(21(33)17(15)29)40(36,37)26-22(34)18(30)24(19(31)23(26)35)39-14-10-8-13(9-11-14)38-12(3)4/h8-12H,6-7H2,1-5H3. The highest BCUT2D eigenvalue weighted by Gasteiger charge is 2.43. The number of ether oxygens (including phenoxy) is 2. The van der Waals surface area contributed by atoms with E-state index in [2.05, 4.69) is 0 Å². The molecule has 0 saturated carbocycles. The second-order valence-corrected chi connectivity index (χ2v) is 11.2. The summed E-state index contributed by atoms with van der Waals surface area (Å²) in [6.07, 6.45) is -0.289. The third-order valence-electron chi connectivity index (χ3n) is 6.52. The van der Waals surface area contributed by atoms with E-state index in [-0.39, 0.29) is 24.7 Å². The molecule has 0 fully saturated rings. The van der Waals surface area contributed by atoms with Crippen molar-refractivity contribution in [3.05, 3.63) is 76.4 Å². The van der Waals surface area contributed by atoms with Gasteiger partial charge in [0.25, 0.3) is 0 Å². The summed E-state index contributed by atoms with van der Waals surface area (Å²) in [5.41, 5.74) is -2.62. The number of hydrogen-bond acceptors (Lipinski definition) is 4. The minimum Gasteiger partial charge on any atom is -0.491 e. The average Bonchev–Trinajstić information content (AvgIpc) is 2.89. The maximum atomic E-state index is 15.0. The number of halogens is 8. The minimum absolute atomic E-state index is 0.0308. The van der Waals surface area contributed by atoms with Crippen molar-refractivity contribution >= 4 is 9.84 Å². The third kappa shape index (κ3) is 5.23. The fourth-order valence-corrected chi connectivity index (χ4v) is 5.48. The molecule has 0 radical (unpaired) electrons. The maximum Gasteiger partial charge on any atom is 0.218 e. The van der Waals surface area contributed by atoms with Gasteiger partial charge in [-0.15, -0.1) is 0 Å². The fourth-order valence-electron chi connectivity index (χ4n) is 3.98. The molecule has 0 aliphatic heterocycles. The summed E-state index contributed by atoms with van der Waals surface area (Å²) in [6, 6.07) is 4.85. The van der Waals surface area contributed by atoms with Crippen LogP contribution in [0.4, 0.5) is 35.1 Å². The van der Waals surface area contributed by atoms with Crippen LogP contribution in [-0.2, 0) is 15.3 Å². The molecule has 3 aromatic carbocycles. The lowest BCUT2D eigenvalue weighted by Gasteiger charge is -2.29. The summed E-state index contributed by atoms with van der Waals surface area (Å²) in [7, 11) is -6.27. The minimum atomic E-state index is -6.27. The molecule has 0 aliphatic rings. The Morgan fingerprint density at radius 2 is 1.05 bits per heavy atom. The van der Waals surface area contributed by atoms with Crippen molar-refractivity contribution in [1.82, 2.24) is 0 Å². The molecule has 40 heavy (non-hydrogen) atoms. The van der Waals surface area contributed by atoms with Gasteiger partial charge in [-0.2, -0.15) is 8.78 Å². The van der Waals surface area contributed by atoms with E-state index in [0.29, 0.717) is 5.75 Å². The highest BCUT2D eigenvalue weighted by atomic mass is 32.2. The first-order valence-electron chi connectivity index (χ1n) is 11.9. The molecule has 4 nitrogen and oxygen atoms in total. The van der Waals surface area contributed by atoms with Gasteiger partial charge >= 0.3 is 0 Å². The maximum absolute atomic E-state index is 15.0. The number of hydrogen-bond donors (Lipinski definition) is 0. The quantitative estimate of drug-likeness (QED) is 0.184. The number of sulfone groups is 1. The average molecular weight is 597 g/mol. The van der Waals surface area contributed by atoms with E-state index < -0.39 is 82.9 Å². The molecule has 218 valence electrons. The van der Waals surface area contributed by atoms with Gasteiger partial charge in [-0.1, -0.05) is 20.8 Å². The van der Waals surface area contributed by atoms with Crippen LogP contribution in [0.15, 0.2) is 34.1 Å². The van der Waals surface area contributed by atoms with Crippen LogP contribution >= 0.6 is 0 Å². The topological polar surface area (TPSA) is 52.6 Å². The second-order valence-electron chi connectivity index (χ2n) is 9.39. The molecular weight excluding hydrogens is 572 g/mol. The molecule has 0 heterocycles. The lowest BCUT2D eigenvalue weighted by molar-refractivity contribution is 0.242. The summed E-state index contributed by atoms with van der Waals surface area (Å²) in [4.78, 5) is -4.96. The van der Waals surface area contributed by atoms with Crippen molar-refractivity contribution in [3.63, 3.8) is 0 Å². The van der Waals surface area contributed by atoms with Gasteiger partial charge in [-0.05, 0) is 56.4 Å². The van der Waals surface area contributed by atoms with E-state index in [1.807, 2.05) is 0 Å². The van der Waals surface area contributed by atoms with Crippen molar-refractivity contribution in [3.8, 4) is 17.2 Å². The number of rotatable bonds is 9. The highest BCUT2D eigenvalue weighted by molar-refractivity contribution is 7.91. The molecule has 0 atom stereocenters. The van der Waals surface area contributed by atoms with Gasteiger partial charge in [0, 0.05) is 5.56 Å². The van der Waals surface area contributed by atoms with Gasteiger partial charge in [0.2, 0.25) is 27.2 Å². The molecular formula is C27H24F8O4S. The van der Waals surface area contributed by atoms with Crippen LogP contribution in [0, 0.1) is 46.5 Å². The normalized spacial score (nSPS) is 12.2. The van der Waals surface area contributed by atoms with E-state index in [1.54, 1.807) is 13.8 Å². The monoisotopic (exact) mass is 596 g/mol. The lowest BCUT2D eigenvalue weighted by atomic mass is 9.77. The van der Waals surface area contributed by atoms with Gasteiger partial charge in [-0.25, -0.2) is 34.8 Å². The molecule has 13 heteroatoms. The Morgan fingerprint density at radius 3 is 1.43 bits per heavy atom. The van der Waals surface area contributed by atoms with Crippen molar-refractivity contribution in [2.75, 3.05) is 0 Å². The van der Waals surface area contributed by atoms with Crippen LogP contribution in [0.5, 0.6) is 17.2 Å². The van der Waals surface area contributed by atoms with E-state index in [0.717, 1.165) is 12.1 Å². The summed E-state index contributed by atoms with van der Waals surface area (Å²) in [5.74, 6) is -21.1. The van der Waals surface area contributed by atoms with E-state index in [4.69, 9.17) is 9.47 Å². The van der Waals surface area contributed by atoms with Crippen LogP contribution in [-0.4, -0.2) is 14.5 Å². The summed E-state index contributed by atoms with van der Waals surface area (Å²) >= 11 is 0. The van der Waals surface area contributed by atoms with Crippen LogP contribution in [0.3, 0.4) is 0 Å². The first-order valence-corrected chi connectivity index (χ1v) is 13.4. The largest absolute Gasteiger partial charge is 0.491 e. The Labute approximate surface area is 225 Å². The zero-order valence-corrected chi connectivity index (χ0v) is 22.7. The molecule has 0 N–H and O–H groups in total. The van der Waals surface area contributed by atoms with Crippen molar-refractivity contribution in [2.45, 2.75) is 68.8 Å². The zero-order chi connectivity index (χ0) is 30.3. The van der Waals surface area contributed by atoms with Crippen LogP contribution in [0.2, 0.25) is 0 Å². The Morgan fingerprint density at radius 1 is 0.675 bits per heavy atom. The smallest absolute Gasteiger partial charge is 0.218 e. The first-order chi connectivity index (χ1) is 18.5. The third-order valence-corrected chi connectivity index (χ3v) is 8.31. The molecule has 3 aromatic rings. The molecule has 0 bridgehead atoms. The van der Waals surface area contributed by atoms with Gasteiger partial charge in [0.1, 0.15) is 21.3 Å². The van der Waals surface area contributed by atoms with Crippen molar-refractivity contribution < 1.29 is 53.0 Å². The van der Waals surface area contributed by atoms with Crippen LogP contribution in [0.1, 0.15) is 53.0 Å². The van der Waals surface area contributed by atoms with Gasteiger partial charge in [0.05, 0.1) is 6.10 Å². The Bertz CT molecular complexity index is 1490. The van der Waals surface area contributed by atoms with Gasteiger partial charge in [-0.3, -0.25) is 0 Å². The number of benzene rings is 3. The van der Waals surface area contributed by atoms with Gasteiger partial charge in [0.15, 0.2) is 34.9 Å². The van der Waals surface area contributed by atoms with Crippen LogP contribution < -0.4 is 9.47 Å². The molecule has 0 aliphatic carbocycles. The Balaban J connectivity index is 2.20. The van der Waals surface area contributed by atoms with Crippen LogP contribution in [0.25, 0.3) is 0 Å². The molecule has 0 spiro atoms. The fraction of sp³-hybridized carbons (Fsp3) is 0.333. The first kappa shape index (κ1) is 31.2. The van der Waals surface area contributed by atoms with Gasteiger partial charge < -0.3 is 9.47 Å². The van der Waals surface area contributed by atoms with Crippen molar-refractivity contribution in [2.24, 2.45) is 0 Å². The molecule has 3 rings (SSSR count). The predicted octanol–water partition coefficient (Wildman–Crippen LogP) is 8.29. The van der Waals surface area contributed by atoms with E-state index >= 15 is 8.78 Å². The van der Waals surface area contributed by atoms with E-state index in [9.17, 15) is 34.8 Å². The molecule has 0 saturated heterocycles. The highest BCUT2D eigenvalue weighted by Crippen LogP contribution is 2.42. The lowest BCUT2D eigenvalue weighted by Crippen LogP contribution is -2.27. The summed E-state index contributed by atoms with van der Waals surface area (Å²) < 4.78 is 156.